The zero-order chi connectivity index (χ0) is 12.4. The summed E-state index contributed by atoms with van der Waals surface area (Å²) in [4.78, 5) is 7.27. The number of aromatic nitrogens is 3. The minimum atomic E-state index is 0.180. The van der Waals surface area contributed by atoms with Crippen LogP contribution < -0.4 is 0 Å². The second-order valence-corrected chi connectivity index (χ2v) is 4.47. The van der Waals surface area contributed by atoms with Crippen LogP contribution >= 0.6 is 0 Å². The van der Waals surface area contributed by atoms with Gasteiger partial charge in [-0.05, 0) is 24.1 Å². The number of aryl methyl sites for hydroxylation is 1. The first-order valence-electron chi connectivity index (χ1n) is 6.01. The molecular formula is C15H15N3. The normalized spacial score (nSPS) is 12.5. The van der Waals surface area contributed by atoms with Gasteiger partial charge in [0.1, 0.15) is 0 Å². The summed E-state index contributed by atoms with van der Waals surface area (Å²) in [7, 11) is 0. The number of nitrogens with one attached hydrogen (secondary N) is 1. The number of hydrogen-bond acceptors (Lipinski definition) is 1. The predicted molar refractivity (Wildman–Crippen MR) is 71.4 cm³/mol. The number of aromatic amines is 1. The molecule has 0 amide bonds. The van der Waals surface area contributed by atoms with E-state index in [0.29, 0.717) is 0 Å². The summed E-state index contributed by atoms with van der Waals surface area (Å²) in [6.45, 7) is 2.10. The van der Waals surface area contributed by atoms with Crippen molar-refractivity contribution in [1.82, 2.24) is 14.5 Å². The molecule has 3 aromatic rings. The summed E-state index contributed by atoms with van der Waals surface area (Å²) < 4.78 is 2.12. The van der Waals surface area contributed by atoms with Crippen molar-refractivity contribution in [2.45, 2.75) is 13.0 Å². The number of rotatable bonds is 3. The van der Waals surface area contributed by atoms with Crippen molar-refractivity contribution < 1.29 is 0 Å². The molecule has 0 saturated heterocycles. The maximum atomic E-state index is 4.15. The smallest absolute Gasteiger partial charge is 0.0954 e. The molecule has 3 heteroatoms. The molecule has 1 atom stereocenters. The second-order valence-electron chi connectivity index (χ2n) is 4.47. The van der Waals surface area contributed by atoms with Gasteiger partial charge in [-0.25, -0.2) is 4.98 Å². The van der Waals surface area contributed by atoms with Crippen LogP contribution in [-0.4, -0.2) is 14.5 Å². The lowest BCUT2D eigenvalue weighted by molar-refractivity contribution is 0.677. The fourth-order valence-corrected chi connectivity index (χ4v) is 2.21. The third-order valence-corrected chi connectivity index (χ3v) is 3.15. The first-order chi connectivity index (χ1) is 8.84. The van der Waals surface area contributed by atoms with Crippen molar-refractivity contribution in [3.63, 3.8) is 0 Å². The molecule has 0 bridgehead atoms. The van der Waals surface area contributed by atoms with Gasteiger partial charge in [0.05, 0.1) is 12.4 Å². The SMILES string of the molecule is Cc1ccc(C(c2cc[nH]c2)n2ccnc2)cc1. The second kappa shape index (κ2) is 4.53. The first kappa shape index (κ1) is 10.8. The molecule has 90 valence electrons. The van der Waals surface area contributed by atoms with Crippen molar-refractivity contribution in [2.75, 3.05) is 0 Å². The molecule has 0 saturated carbocycles. The molecule has 18 heavy (non-hydrogen) atoms. The van der Waals surface area contributed by atoms with Gasteiger partial charge in [-0.3, -0.25) is 0 Å². The molecule has 1 unspecified atom stereocenters. The van der Waals surface area contributed by atoms with Gasteiger partial charge >= 0.3 is 0 Å². The highest BCUT2D eigenvalue weighted by Crippen LogP contribution is 2.26. The van der Waals surface area contributed by atoms with E-state index in [1.165, 1.54) is 16.7 Å². The third-order valence-electron chi connectivity index (χ3n) is 3.15. The summed E-state index contributed by atoms with van der Waals surface area (Å²) in [6.07, 6.45) is 9.65. The molecule has 0 aliphatic rings. The Kier molecular flexibility index (Phi) is 2.73. The van der Waals surface area contributed by atoms with Gasteiger partial charge in [0.2, 0.25) is 0 Å². The minimum Gasteiger partial charge on any atom is -0.367 e. The molecule has 0 spiro atoms. The molecule has 1 aromatic carbocycles. The number of H-pyrrole nitrogens is 1. The van der Waals surface area contributed by atoms with Crippen LogP contribution in [0.15, 0.2) is 61.4 Å². The van der Waals surface area contributed by atoms with Gasteiger partial charge in [-0.15, -0.1) is 0 Å². The monoisotopic (exact) mass is 237 g/mol. The molecule has 3 nitrogen and oxygen atoms in total. The Morgan fingerprint density at radius 1 is 1.11 bits per heavy atom. The van der Waals surface area contributed by atoms with Gasteiger partial charge in [0.25, 0.3) is 0 Å². The van der Waals surface area contributed by atoms with Crippen LogP contribution in [0.4, 0.5) is 0 Å². The third kappa shape index (κ3) is 1.95. The zero-order valence-electron chi connectivity index (χ0n) is 10.2. The number of benzene rings is 1. The van der Waals surface area contributed by atoms with E-state index in [9.17, 15) is 0 Å². The zero-order valence-corrected chi connectivity index (χ0v) is 10.2. The maximum absolute atomic E-state index is 4.15. The van der Waals surface area contributed by atoms with Gasteiger partial charge in [0.15, 0.2) is 0 Å². The molecular weight excluding hydrogens is 222 g/mol. The summed E-state index contributed by atoms with van der Waals surface area (Å²) >= 11 is 0. The summed E-state index contributed by atoms with van der Waals surface area (Å²) in [5, 5.41) is 0. The number of nitrogens with zero attached hydrogens (tertiary/aromatic N) is 2. The van der Waals surface area contributed by atoms with Crippen LogP contribution in [0.2, 0.25) is 0 Å². The Morgan fingerprint density at radius 3 is 2.56 bits per heavy atom. The van der Waals surface area contributed by atoms with Crippen molar-refractivity contribution in [3.8, 4) is 0 Å². The van der Waals surface area contributed by atoms with Crippen LogP contribution in [0.25, 0.3) is 0 Å². The fourth-order valence-electron chi connectivity index (χ4n) is 2.21. The van der Waals surface area contributed by atoms with E-state index in [1.807, 2.05) is 31.1 Å². The highest BCUT2D eigenvalue weighted by atomic mass is 15.1. The van der Waals surface area contributed by atoms with E-state index in [-0.39, 0.29) is 6.04 Å². The van der Waals surface area contributed by atoms with E-state index in [2.05, 4.69) is 51.8 Å². The van der Waals surface area contributed by atoms with E-state index >= 15 is 0 Å². The quantitative estimate of drug-likeness (QED) is 0.746. The van der Waals surface area contributed by atoms with E-state index < -0.39 is 0 Å². The molecule has 3 rings (SSSR count). The Bertz CT molecular complexity index is 558. The van der Waals surface area contributed by atoms with Crippen LogP contribution in [0.1, 0.15) is 22.7 Å². The average molecular weight is 237 g/mol. The minimum absolute atomic E-state index is 0.180. The first-order valence-corrected chi connectivity index (χ1v) is 6.01. The standard InChI is InChI=1S/C15H15N3/c1-12-2-4-13(5-3-12)15(14-6-7-16-10-14)18-9-8-17-11-18/h2-11,15-16H,1H3. The lowest BCUT2D eigenvalue weighted by Gasteiger charge is -2.18. The van der Waals surface area contributed by atoms with E-state index in [1.54, 1.807) is 0 Å². The summed E-state index contributed by atoms with van der Waals surface area (Å²) in [6, 6.07) is 10.9. The summed E-state index contributed by atoms with van der Waals surface area (Å²) in [5.74, 6) is 0. The Labute approximate surface area is 106 Å². The highest BCUT2D eigenvalue weighted by molar-refractivity contribution is 5.33. The van der Waals surface area contributed by atoms with Crippen molar-refractivity contribution in [2.24, 2.45) is 0 Å². The Hall–Kier alpha value is -2.29. The van der Waals surface area contributed by atoms with Crippen molar-refractivity contribution in [3.05, 3.63) is 78.1 Å². The van der Waals surface area contributed by atoms with Crippen LogP contribution in [0.5, 0.6) is 0 Å². The topological polar surface area (TPSA) is 33.6 Å². The Morgan fingerprint density at radius 2 is 1.94 bits per heavy atom. The number of hydrogen-bond donors (Lipinski definition) is 1. The molecule has 2 aromatic heterocycles. The van der Waals surface area contributed by atoms with Crippen molar-refractivity contribution >= 4 is 0 Å². The lowest BCUT2D eigenvalue weighted by Crippen LogP contribution is -2.09. The highest BCUT2D eigenvalue weighted by Gasteiger charge is 2.15. The lowest BCUT2D eigenvalue weighted by atomic mass is 10.00. The molecule has 2 heterocycles. The molecule has 0 aliphatic heterocycles. The maximum Gasteiger partial charge on any atom is 0.0954 e. The van der Waals surface area contributed by atoms with Gasteiger partial charge in [-0.1, -0.05) is 29.8 Å². The van der Waals surface area contributed by atoms with Gasteiger partial charge < -0.3 is 9.55 Å². The molecule has 0 radical (unpaired) electrons. The van der Waals surface area contributed by atoms with Crippen LogP contribution in [0, 0.1) is 6.92 Å². The summed E-state index contributed by atoms with van der Waals surface area (Å²) in [5.41, 5.74) is 3.77. The van der Waals surface area contributed by atoms with Crippen LogP contribution in [0.3, 0.4) is 0 Å². The molecule has 0 aliphatic carbocycles. The van der Waals surface area contributed by atoms with Gasteiger partial charge in [0, 0.05) is 24.8 Å². The van der Waals surface area contributed by atoms with E-state index in [4.69, 9.17) is 0 Å². The predicted octanol–water partition coefficient (Wildman–Crippen LogP) is 3.16. The van der Waals surface area contributed by atoms with Gasteiger partial charge in [-0.2, -0.15) is 0 Å². The fraction of sp³-hybridized carbons (Fsp3) is 0.133. The average Bonchev–Trinajstić information content (AvgIpc) is 3.06. The largest absolute Gasteiger partial charge is 0.367 e. The molecule has 1 N–H and O–H groups in total. The molecule has 0 fully saturated rings. The Balaban J connectivity index is 2.08. The van der Waals surface area contributed by atoms with Crippen molar-refractivity contribution in [1.29, 1.82) is 0 Å². The number of imidazole rings is 1. The van der Waals surface area contributed by atoms with E-state index in [0.717, 1.165) is 0 Å². The van der Waals surface area contributed by atoms with Crippen LogP contribution in [-0.2, 0) is 0 Å².